The summed E-state index contributed by atoms with van der Waals surface area (Å²) in [7, 11) is 1.51. The van der Waals surface area contributed by atoms with E-state index in [-0.39, 0.29) is 48.3 Å². The minimum atomic E-state index is -4.50. The van der Waals surface area contributed by atoms with Crippen LogP contribution in [0.2, 0.25) is 0 Å². The Kier molecular flexibility index (Phi) is 9.54. The number of nitrogens with zero attached hydrogens (tertiary/aromatic N) is 3. The molecular formula is C30H32F3N5O5. The Balaban J connectivity index is 1.61. The number of hydrogen-bond acceptors (Lipinski definition) is 6. The molecule has 2 heterocycles. The van der Waals surface area contributed by atoms with Crippen molar-refractivity contribution in [2.75, 3.05) is 37.4 Å². The molecule has 0 bridgehead atoms. The van der Waals surface area contributed by atoms with E-state index in [0.29, 0.717) is 5.56 Å². The highest BCUT2D eigenvalue weighted by atomic mass is 19.4. The number of alkyl halides is 3. The Bertz CT molecular complexity index is 1450. The first kappa shape index (κ1) is 31.3. The van der Waals surface area contributed by atoms with Crippen LogP contribution in [0, 0.1) is 5.92 Å². The highest BCUT2D eigenvalue weighted by Crippen LogP contribution is 2.35. The number of hydrogen-bond donors (Lipinski definition) is 3. The molecule has 0 saturated carbocycles. The van der Waals surface area contributed by atoms with Gasteiger partial charge < -0.3 is 30.3 Å². The number of likely N-dealkylation sites (N-methyl/N-ethyl adjacent to an activating group) is 1. The molecule has 10 nitrogen and oxygen atoms in total. The zero-order valence-electron chi connectivity index (χ0n) is 23.8. The van der Waals surface area contributed by atoms with Crippen LogP contribution in [0.5, 0.6) is 5.75 Å². The molecule has 4 rings (SSSR count). The van der Waals surface area contributed by atoms with Crippen LogP contribution in [-0.4, -0.2) is 76.6 Å². The van der Waals surface area contributed by atoms with Crippen LogP contribution in [0.25, 0.3) is 0 Å². The first-order valence-electron chi connectivity index (χ1n) is 13.5. The first-order chi connectivity index (χ1) is 20.4. The van der Waals surface area contributed by atoms with E-state index in [9.17, 15) is 32.7 Å². The van der Waals surface area contributed by atoms with E-state index in [2.05, 4.69) is 15.6 Å². The molecule has 0 radical (unpaired) electrons. The maximum absolute atomic E-state index is 13.6. The molecule has 0 fully saturated rings. The lowest BCUT2D eigenvalue weighted by molar-refractivity contribution is -0.137. The number of urea groups is 1. The lowest BCUT2D eigenvalue weighted by Crippen LogP contribution is -2.50. The molecule has 0 saturated heterocycles. The number of benzene rings is 2. The van der Waals surface area contributed by atoms with Crippen molar-refractivity contribution < 1.29 is 37.4 Å². The summed E-state index contributed by atoms with van der Waals surface area (Å²) in [4.78, 5) is 46.4. The molecule has 2 aromatic carbocycles. The van der Waals surface area contributed by atoms with Crippen molar-refractivity contribution in [2.24, 2.45) is 5.92 Å². The Hall–Kier alpha value is -4.65. The molecule has 0 aliphatic carbocycles. The van der Waals surface area contributed by atoms with Crippen LogP contribution in [0.15, 0.2) is 67.0 Å². The van der Waals surface area contributed by atoms with Gasteiger partial charge in [-0.15, -0.1) is 0 Å². The summed E-state index contributed by atoms with van der Waals surface area (Å²) in [5.41, 5.74) is 0.0838. The maximum Gasteiger partial charge on any atom is 0.416 e. The number of aromatic nitrogens is 1. The normalized spacial score (nSPS) is 17.6. The third-order valence-corrected chi connectivity index (χ3v) is 7.15. The summed E-state index contributed by atoms with van der Waals surface area (Å²) >= 11 is 0. The van der Waals surface area contributed by atoms with E-state index in [0.717, 1.165) is 24.3 Å². The first-order valence-corrected chi connectivity index (χ1v) is 13.5. The summed E-state index contributed by atoms with van der Waals surface area (Å²) in [6.45, 7) is 3.48. The summed E-state index contributed by atoms with van der Waals surface area (Å²) in [6.07, 6.45) is -2.24. The molecule has 1 aliphatic heterocycles. The molecule has 0 spiro atoms. The van der Waals surface area contributed by atoms with Crippen molar-refractivity contribution in [3.05, 3.63) is 83.7 Å². The monoisotopic (exact) mass is 599 g/mol. The molecule has 1 aliphatic rings. The molecule has 1 aromatic heterocycles. The Morgan fingerprint density at radius 2 is 1.79 bits per heavy atom. The fourth-order valence-corrected chi connectivity index (χ4v) is 4.57. The van der Waals surface area contributed by atoms with E-state index in [4.69, 9.17) is 4.74 Å². The highest BCUT2D eigenvalue weighted by molar-refractivity contribution is 6.07. The van der Waals surface area contributed by atoms with E-state index in [1.165, 1.54) is 41.4 Å². The largest absolute Gasteiger partial charge is 0.485 e. The predicted octanol–water partition coefficient (Wildman–Crippen LogP) is 4.74. The van der Waals surface area contributed by atoms with Crippen LogP contribution < -0.4 is 15.4 Å². The zero-order valence-corrected chi connectivity index (χ0v) is 23.8. The number of nitrogens with one attached hydrogen (secondary N) is 2. The molecule has 3 N–H and O–H groups in total. The van der Waals surface area contributed by atoms with Gasteiger partial charge in [0.25, 0.3) is 11.8 Å². The van der Waals surface area contributed by atoms with Crippen LogP contribution >= 0.6 is 0 Å². The molecule has 0 unspecified atom stereocenters. The Labute approximate surface area is 246 Å². The van der Waals surface area contributed by atoms with Crippen molar-refractivity contribution >= 4 is 29.2 Å². The van der Waals surface area contributed by atoms with Gasteiger partial charge in [0.1, 0.15) is 6.10 Å². The second-order valence-corrected chi connectivity index (χ2v) is 10.4. The van der Waals surface area contributed by atoms with Crippen LogP contribution in [0.4, 0.5) is 29.3 Å². The van der Waals surface area contributed by atoms with Crippen LogP contribution in [0.1, 0.15) is 40.1 Å². The predicted molar refractivity (Wildman–Crippen MR) is 153 cm³/mol. The van der Waals surface area contributed by atoms with E-state index < -0.39 is 41.7 Å². The van der Waals surface area contributed by atoms with Crippen molar-refractivity contribution in [3.8, 4) is 5.75 Å². The van der Waals surface area contributed by atoms with Crippen molar-refractivity contribution in [3.63, 3.8) is 0 Å². The molecule has 3 aromatic rings. The second kappa shape index (κ2) is 13.1. The van der Waals surface area contributed by atoms with Gasteiger partial charge in [0, 0.05) is 43.2 Å². The standard InChI is InChI=1S/C30H32F3N5O5/c1-18-15-38(19(2)17-39)28(41)23-5-4-6-24(36-27(40)20-11-13-34-14-12-20)26(23)43-25(18)16-37(3)29(42)35-22-9-7-21(8-10-22)30(31,32)33/h4-14,18-19,25,39H,15-17H2,1-3H3,(H,35,42)(H,36,40)/t18-,19+,25-/m0/s1. The fraction of sp³-hybridized carbons (Fsp3) is 0.333. The van der Waals surface area contributed by atoms with Gasteiger partial charge in [-0.3, -0.25) is 14.6 Å². The van der Waals surface area contributed by atoms with Gasteiger partial charge in [-0.1, -0.05) is 13.0 Å². The van der Waals surface area contributed by atoms with Gasteiger partial charge in [0.15, 0.2) is 5.75 Å². The number of aliphatic hydroxyl groups excluding tert-OH is 1. The SMILES string of the molecule is C[C@H](CO)N1C[C@H](C)[C@H](CN(C)C(=O)Nc2ccc(C(F)(F)F)cc2)Oc2c(NC(=O)c3ccncc3)cccc2C1=O. The number of carbonyl (C=O) groups excluding carboxylic acids is 3. The number of anilines is 2. The van der Waals surface area contributed by atoms with Gasteiger partial charge in [-0.2, -0.15) is 13.2 Å². The third kappa shape index (κ3) is 7.41. The van der Waals surface area contributed by atoms with E-state index >= 15 is 0 Å². The summed E-state index contributed by atoms with van der Waals surface area (Å²) < 4.78 is 45.1. The number of carbonyl (C=O) groups is 3. The summed E-state index contributed by atoms with van der Waals surface area (Å²) in [6, 6.07) is 10.8. The zero-order chi connectivity index (χ0) is 31.3. The second-order valence-electron chi connectivity index (χ2n) is 10.4. The fourth-order valence-electron chi connectivity index (χ4n) is 4.57. The quantitative estimate of drug-likeness (QED) is 0.361. The van der Waals surface area contributed by atoms with Gasteiger partial charge in [0.2, 0.25) is 0 Å². The summed E-state index contributed by atoms with van der Waals surface area (Å²) in [5.74, 6) is -1.09. The average Bonchev–Trinajstić information content (AvgIpc) is 2.99. The van der Waals surface area contributed by atoms with Gasteiger partial charge >= 0.3 is 12.2 Å². The van der Waals surface area contributed by atoms with Gasteiger partial charge in [-0.25, -0.2) is 4.79 Å². The number of rotatable bonds is 7. The molecular weight excluding hydrogens is 567 g/mol. The van der Waals surface area contributed by atoms with Gasteiger partial charge in [0.05, 0.1) is 36.0 Å². The molecule has 4 amide bonds. The number of para-hydroxylation sites is 1. The highest BCUT2D eigenvalue weighted by Gasteiger charge is 2.35. The maximum atomic E-state index is 13.6. The smallest absolute Gasteiger partial charge is 0.416 e. The molecule has 43 heavy (non-hydrogen) atoms. The van der Waals surface area contributed by atoms with E-state index in [1.807, 2.05) is 6.92 Å². The topological polar surface area (TPSA) is 124 Å². The van der Waals surface area contributed by atoms with Crippen molar-refractivity contribution in [1.82, 2.24) is 14.8 Å². The number of pyridine rings is 1. The Morgan fingerprint density at radius 1 is 1.12 bits per heavy atom. The van der Waals surface area contributed by atoms with Gasteiger partial charge in [-0.05, 0) is 55.5 Å². The van der Waals surface area contributed by atoms with Crippen molar-refractivity contribution in [1.29, 1.82) is 0 Å². The lowest BCUT2D eigenvalue weighted by atomic mass is 9.99. The molecule has 228 valence electrons. The minimum Gasteiger partial charge on any atom is -0.485 e. The minimum absolute atomic E-state index is 0.0231. The van der Waals surface area contributed by atoms with Crippen LogP contribution in [0.3, 0.4) is 0 Å². The average molecular weight is 600 g/mol. The molecule has 3 atom stereocenters. The Morgan fingerprint density at radius 3 is 2.42 bits per heavy atom. The van der Waals surface area contributed by atoms with Crippen molar-refractivity contribution in [2.45, 2.75) is 32.2 Å². The summed E-state index contributed by atoms with van der Waals surface area (Å²) in [5, 5.41) is 15.2. The lowest BCUT2D eigenvalue weighted by Gasteiger charge is -2.38. The number of aliphatic hydroxyl groups is 1. The number of amides is 4. The third-order valence-electron chi connectivity index (χ3n) is 7.15. The van der Waals surface area contributed by atoms with Crippen LogP contribution in [-0.2, 0) is 6.18 Å². The number of ether oxygens (including phenoxy) is 1. The number of fused-ring (bicyclic) bond motifs is 1. The number of halogens is 3. The van der Waals surface area contributed by atoms with E-state index in [1.54, 1.807) is 25.1 Å². The molecule has 13 heteroatoms.